The third-order valence-corrected chi connectivity index (χ3v) is 6.25. The largest absolute Gasteiger partial charge is 0.573 e. The van der Waals surface area contributed by atoms with E-state index in [2.05, 4.69) is 9.72 Å². The number of para-hydroxylation sites is 1. The molecule has 4 N–H and O–H groups in total. The summed E-state index contributed by atoms with van der Waals surface area (Å²) >= 11 is 0. The third kappa shape index (κ3) is 5.08. The molecule has 0 aliphatic carbocycles. The number of carboxylic acid groups (broad SMARTS) is 1. The Kier molecular flexibility index (Phi) is 6.59. The summed E-state index contributed by atoms with van der Waals surface area (Å²) in [6.45, 7) is 0.345. The molecular formula is C29H23F3N2O4. The first-order chi connectivity index (χ1) is 18.2. The van der Waals surface area contributed by atoms with Crippen molar-refractivity contribution in [2.24, 2.45) is 0 Å². The van der Waals surface area contributed by atoms with Gasteiger partial charge in [0.05, 0.1) is 12.1 Å². The number of benzene rings is 4. The van der Waals surface area contributed by atoms with Gasteiger partial charge in [0.2, 0.25) is 0 Å². The highest BCUT2D eigenvalue weighted by Gasteiger charge is 2.32. The number of aryl methyl sites for hydroxylation is 1. The number of halogens is 3. The maximum absolute atomic E-state index is 13.1. The van der Waals surface area contributed by atoms with Crippen molar-refractivity contribution in [3.63, 3.8) is 0 Å². The molecule has 6 nitrogen and oxygen atoms in total. The van der Waals surface area contributed by atoms with Crippen LogP contribution in [0.1, 0.15) is 22.5 Å². The summed E-state index contributed by atoms with van der Waals surface area (Å²) in [5, 5.41) is 12.5. The van der Waals surface area contributed by atoms with Gasteiger partial charge in [0.15, 0.2) is 0 Å². The maximum Gasteiger partial charge on any atom is 0.573 e. The fourth-order valence-electron chi connectivity index (χ4n) is 4.66. The average molecular weight is 521 g/mol. The fraction of sp³-hybridized carbons (Fsp3) is 0.138. The van der Waals surface area contributed by atoms with Crippen molar-refractivity contribution in [3.05, 3.63) is 90.1 Å². The molecule has 4 aromatic carbocycles. The molecule has 1 heterocycles. The van der Waals surface area contributed by atoms with Gasteiger partial charge in [-0.05, 0) is 48.1 Å². The van der Waals surface area contributed by atoms with E-state index in [0.29, 0.717) is 41.5 Å². The Balaban J connectivity index is 1.46. The van der Waals surface area contributed by atoms with Gasteiger partial charge < -0.3 is 25.3 Å². The number of anilines is 1. The summed E-state index contributed by atoms with van der Waals surface area (Å²) in [7, 11) is 0. The lowest BCUT2D eigenvalue weighted by Crippen LogP contribution is -2.17. The summed E-state index contributed by atoms with van der Waals surface area (Å²) in [6.07, 6.45) is -4.02. The average Bonchev–Trinajstić information content (AvgIpc) is 3.26. The van der Waals surface area contributed by atoms with Gasteiger partial charge in [-0.1, -0.05) is 54.6 Å². The van der Waals surface area contributed by atoms with Crippen LogP contribution in [0.25, 0.3) is 32.8 Å². The van der Waals surface area contributed by atoms with Crippen LogP contribution < -0.4 is 15.2 Å². The first-order valence-electron chi connectivity index (χ1n) is 11.8. The van der Waals surface area contributed by atoms with Crippen LogP contribution in [-0.4, -0.2) is 29.0 Å². The molecular weight excluding hydrogens is 497 g/mol. The molecule has 0 aliphatic heterocycles. The molecule has 5 rings (SSSR count). The van der Waals surface area contributed by atoms with Gasteiger partial charge in [0.25, 0.3) is 0 Å². The minimum atomic E-state index is -4.91. The third-order valence-electron chi connectivity index (χ3n) is 6.25. The number of rotatable bonds is 8. The Labute approximate surface area is 215 Å². The Morgan fingerprint density at radius 3 is 2.42 bits per heavy atom. The first kappa shape index (κ1) is 25.0. The van der Waals surface area contributed by atoms with Crippen LogP contribution in [0.2, 0.25) is 0 Å². The van der Waals surface area contributed by atoms with Crippen molar-refractivity contribution < 1.29 is 32.5 Å². The van der Waals surface area contributed by atoms with Crippen LogP contribution in [0.3, 0.4) is 0 Å². The fourth-order valence-corrected chi connectivity index (χ4v) is 4.66. The lowest BCUT2D eigenvalue weighted by molar-refractivity contribution is -0.274. The molecule has 194 valence electrons. The van der Waals surface area contributed by atoms with Gasteiger partial charge in [-0.3, -0.25) is 0 Å². The van der Waals surface area contributed by atoms with Gasteiger partial charge in [-0.2, -0.15) is 0 Å². The monoisotopic (exact) mass is 520 g/mol. The van der Waals surface area contributed by atoms with Crippen molar-refractivity contribution in [2.75, 3.05) is 12.3 Å². The molecule has 0 spiro atoms. The van der Waals surface area contributed by atoms with E-state index >= 15 is 0 Å². The van der Waals surface area contributed by atoms with E-state index in [1.165, 1.54) is 12.1 Å². The highest BCUT2D eigenvalue weighted by Crippen LogP contribution is 2.40. The molecule has 1 aromatic heterocycles. The number of fused-ring (bicyclic) bond motifs is 2. The second-order valence-electron chi connectivity index (χ2n) is 8.74. The predicted molar refractivity (Wildman–Crippen MR) is 140 cm³/mol. The molecule has 0 atom stereocenters. The van der Waals surface area contributed by atoms with Crippen LogP contribution in [0.15, 0.2) is 78.9 Å². The normalized spacial score (nSPS) is 11.7. The lowest BCUT2D eigenvalue weighted by Gasteiger charge is -2.14. The molecule has 0 saturated heterocycles. The van der Waals surface area contributed by atoms with E-state index in [4.69, 9.17) is 10.5 Å². The van der Waals surface area contributed by atoms with Crippen molar-refractivity contribution >= 4 is 33.3 Å². The van der Waals surface area contributed by atoms with Crippen molar-refractivity contribution in [1.29, 1.82) is 0 Å². The van der Waals surface area contributed by atoms with Crippen LogP contribution in [0, 0.1) is 0 Å². The van der Waals surface area contributed by atoms with Gasteiger partial charge in [-0.25, -0.2) is 4.79 Å². The number of hydrogen-bond donors (Lipinski definition) is 3. The smallest absolute Gasteiger partial charge is 0.493 e. The molecule has 0 radical (unpaired) electrons. The van der Waals surface area contributed by atoms with E-state index in [-0.39, 0.29) is 16.9 Å². The number of aromatic carboxylic acids is 1. The summed E-state index contributed by atoms with van der Waals surface area (Å²) in [4.78, 5) is 15.0. The standard InChI is InChI=1S/C29H23F3N2O4/c30-29(31,32)38-25-14-13-18(33)16-23(25)22-10-4-9-20-21(27(28(35)36)34-26(20)22)11-5-15-37-24-12-3-7-17-6-1-2-8-19(17)24/h1-4,6-10,12-14,16,34H,5,11,15,33H2,(H,35,36). The number of nitrogen functional groups attached to an aromatic ring is 1. The number of H-pyrrole nitrogens is 1. The number of alkyl halides is 3. The molecule has 0 bridgehead atoms. The zero-order valence-electron chi connectivity index (χ0n) is 20.0. The molecule has 0 fully saturated rings. The van der Waals surface area contributed by atoms with E-state index in [0.717, 1.165) is 22.6 Å². The molecule has 0 unspecified atom stereocenters. The highest BCUT2D eigenvalue weighted by atomic mass is 19.4. The van der Waals surface area contributed by atoms with E-state index < -0.39 is 18.1 Å². The SMILES string of the molecule is Nc1ccc(OC(F)(F)F)c(-c2cccc3c(CCCOc4cccc5ccccc45)c(C(=O)O)[nH]c23)c1. The molecule has 38 heavy (non-hydrogen) atoms. The number of nitrogens with one attached hydrogen (secondary N) is 1. The molecule has 0 amide bonds. The number of hydrogen-bond acceptors (Lipinski definition) is 4. The maximum atomic E-state index is 13.1. The summed E-state index contributed by atoms with van der Waals surface area (Å²) in [5.41, 5.74) is 7.43. The van der Waals surface area contributed by atoms with Crippen LogP contribution in [-0.2, 0) is 6.42 Å². The van der Waals surface area contributed by atoms with Crippen molar-refractivity contribution in [1.82, 2.24) is 4.98 Å². The van der Waals surface area contributed by atoms with Gasteiger partial charge in [0, 0.05) is 27.6 Å². The lowest BCUT2D eigenvalue weighted by atomic mass is 9.98. The summed E-state index contributed by atoms with van der Waals surface area (Å²) < 4.78 is 49.4. The summed E-state index contributed by atoms with van der Waals surface area (Å²) in [6, 6.07) is 22.5. The minimum Gasteiger partial charge on any atom is -0.493 e. The number of carbonyl (C=O) groups is 1. The predicted octanol–water partition coefficient (Wildman–Crippen LogP) is 7.18. The van der Waals surface area contributed by atoms with Crippen LogP contribution in [0.4, 0.5) is 18.9 Å². The van der Waals surface area contributed by atoms with Crippen molar-refractivity contribution in [3.8, 4) is 22.6 Å². The number of ether oxygens (including phenoxy) is 2. The van der Waals surface area contributed by atoms with E-state index in [1.807, 2.05) is 42.5 Å². The van der Waals surface area contributed by atoms with Crippen molar-refractivity contribution in [2.45, 2.75) is 19.2 Å². The quantitative estimate of drug-likeness (QED) is 0.149. The van der Waals surface area contributed by atoms with Crippen LogP contribution >= 0.6 is 0 Å². The summed E-state index contributed by atoms with van der Waals surface area (Å²) in [5.74, 6) is -0.867. The van der Waals surface area contributed by atoms with Gasteiger partial charge >= 0.3 is 12.3 Å². The number of nitrogens with two attached hydrogens (primary N) is 1. The highest BCUT2D eigenvalue weighted by molar-refractivity contribution is 6.03. The molecule has 0 saturated carbocycles. The first-order valence-corrected chi connectivity index (χ1v) is 11.8. The second-order valence-corrected chi connectivity index (χ2v) is 8.74. The molecule has 0 aliphatic rings. The Morgan fingerprint density at radius 1 is 0.895 bits per heavy atom. The minimum absolute atomic E-state index is 0.0280. The van der Waals surface area contributed by atoms with E-state index in [1.54, 1.807) is 18.2 Å². The zero-order valence-corrected chi connectivity index (χ0v) is 20.0. The Bertz CT molecular complexity index is 1640. The van der Waals surface area contributed by atoms with E-state index in [9.17, 15) is 23.1 Å². The number of aromatic amines is 1. The number of aromatic nitrogens is 1. The second kappa shape index (κ2) is 10.0. The topological polar surface area (TPSA) is 97.6 Å². The number of carboxylic acids is 1. The van der Waals surface area contributed by atoms with Gasteiger partial charge in [0.1, 0.15) is 17.2 Å². The van der Waals surface area contributed by atoms with Crippen LogP contribution in [0.5, 0.6) is 11.5 Å². The van der Waals surface area contributed by atoms with Gasteiger partial charge in [-0.15, -0.1) is 13.2 Å². The molecule has 9 heteroatoms. The zero-order chi connectivity index (χ0) is 26.9. The Morgan fingerprint density at radius 2 is 1.63 bits per heavy atom. The Hall–Kier alpha value is -4.66. The molecule has 5 aromatic rings.